The number of benzene rings is 1. The first kappa shape index (κ1) is 15.8. The van der Waals surface area contributed by atoms with Crippen molar-refractivity contribution in [2.75, 3.05) is 25.6 Å². The van der Waals surface area contributed by atoms with Gasteiger partial charge in [-0.2, -0.15) is 0 Å². The summed E-state index contributed by atoms with van der Waals surface area (Å²) in [6.07, 6.45) is 2.16. The van der Waals surface area contributed by atoms with Crippen LogP contribution in [-0.4, -0.2) is 38.3 Å². The molecule has 1 fully saturated rings. The van der Waals surface area contributed by atoms with Crippen molar-refractivity contribution in [1.29, 1.82) is 0 Å². The summed E-state index contributed by atoms with van der Waals surface area (Å²) in [5, 5.41) is 3.49. The number of anilines is 1. The van der Waals surface area contributed by atoms with Gasteiger partial charge >= 0.3 is 5.97 Å². The predicted molar refractivity (Wildman–Crippen MR) is 85.5 cm³/mol. The fourth-order valence-electron chi connectivity index (χ4n) is 3.00. The Balaban J connectivity index is 2.24. The Hall–Kier alpha value is -1.55. The minimum absolute atomic E-state index is 0.151. The smallest absolute Gasteiger partial charge is 0.328 e. The average Bonchev–Trinajstić information content (AvgIpc) is 3.30. The quantitative estimate of drug-likeness (QED) is 0.783. The first-order chi connectivity index (χ1) is 9.99. The van der Waals surface area contributed by atoms with Crippen LogP contribution in [0.25, 0.3) is 0 Å². The molecule has 1 saturated carbocycles. The summed E-state index contributed by atoms with van der Waals surface area (Å²) in [5.74, 6) is 0.208. The molecule has 0 amide bonds. The van der Waals surface area contributed by atoms with Crippen LogP contribution in [0.5, 0.6) is 0 Å². The third-order valence-corrected chi connectivity index (χ3v) is 4.05. The Kier molecular flexibility index (Phi) is 4.88. The highest BCUT2D eigenvalue weighted by Crippen LogP contribution is 2.41. The van der Waals surface area contributed by atoms with Crippen LogP contribution in [0.4, 0.5) is 5.69 Å². The van der Waals surface area contributed by atoms with E-state index >= 15 is 0 Å². The highest BCUT2D eigenvalue weighted by Gasteiger charge is 2.52. The molecule has 21 heavy (non-hydrogen) atoms. The third-order valence-electron chi connectivity index (χ3n) is 4.05. The van der Waals surface area contributed by atoms with E-state index in [-0.39, 0.29) is 12.0 Å². The molecule has 1 atom stereocenters. The molecule has 1 aromatic carbocycles. The molecule has 1 unspecified atom stereocenters. The van der Waals surface area contributed by atoms with Crippen LogP contribution in [0.1, 0.15) is 26.7 Å². The molecule has 0 radical (unpaired) electrons. The van der Waals surface area contributed by atoms with Crippen molar-refractivity contribution < 1.29 is 9.53 Å². The van der Waals surface area contributed by atoms with Gasteiger partial charge in [-0.15, -0.1) is 0 Å². The topological polar surface area (TPSA) is 41.6 Å². The summed E-state index contributed by atoms with van der Waals surface area (Å²) in [5.41, 5.74) is 0.491. The summed E-state index contributed by atoms with van der Waals surface area (Å²) < 4.78 is 5.13. The van der Waals surface area contributed by atoms with E-state index in [9.17, 15) is 4.79 Å². The van der Waals surface area contributed by atoms with Crippen LogP contribution in [0.15, 0.2) is 30.3 Å². The van der Waals surface area contributed by atoms with Crippen molar-refractivity contribution in [3.05, 3.63) is 30.3 Å². The average molecular weight is 290 g/mol. The second-order valence-electron chi connectivity index (χ2n) is 6.23. The molecule has 0 heterocycles. The standard InChI is InChI=1S/C17H26N2O2/c1-13(2)18-17(14-10-11-14,16(20)21-4)12-19(3)15-8-6-5-7-9-15/h5-9,13-14,18H,10-12H2,1-4H3. The van der Waals surface area contributed by atoms with Crippen molar-refractivity contribution in [3.8, 4) is 0 Å². The number of nitrogens with one attached hydrogen (secondary N) is 1. The second-order valence-corrected chi connectivity index (χ2v) is 6.23. The monoisotopic (exact) mass is 290 g/mol. The number of carbonyl (C=O) groups is 1. The normalized spacial score (nSPS) is 17.4. The van der Waals surface area contributed by atoms with Crippen LogP contribution < -0.4 is 10.2 Å². The Morgan fingerprint density at radius 3 is 2.48 bits per heavy atom. The van der Waals surface area contributed by atoms with Crippen molar-refractivity contribution >= 4 is 11.7 Å². The molecule has 1 N–H and O–H groups in total. The van der Waals surface area contributed by atoms with Crippen molar-refractivity contribution in [2.45, 2.75) is 38.3 Å². The summed E-state index contributed by atoms with van der Waals surface area (Å²) in [6, 6.07) is 10.4. The summed E-state index contributed by atoms with van der Waals surface area (Å²) in [6.45, 7) is 4.76. The number of methoxy groups -OCH3 is 1. The Morgan fingerprint density at radius 2 is 2.00 bits per heavy atom. The van der Waals surface area contributed by atoms with Gasteiger partial charge in [-0.05, 0) is 44.7 Å². The highest BCUT2D eigenvalue weighted by atomic mass is 16.5. The Labute approximate surface area is 127 Å². The lowest BCUT2D eigenvalue weighted by atomic mass is 9.91. The number of carbonyl (C=O) groups excluding carboxylic acids is 1. The molecule has 0 spiro atoms. The van der Waals surface area contributed by atoms with Crippen molar-refractivity contribution in [2.24, 2.45) is 5.92 Å². The van der Waals surface area contributed by atoms with Gasteiger partial charge in [-0.25, -0.2) is 4.79 Å². The lowest BCUT2D eigenvalue weighted by Crippen LogP contribution is -2.62. The number of likely N-dealkylation sites (N-methyl/N-ethyl adjacent to an activating group) is 1. The van der Waals surface area contributed by atoms with Crippen LogP contribution in [0.2, 0.25) is 0 Å². The molecule has 0 aromatic heterocycles. The molecule has 0 saturated heterocycles. The van der Waals surface area contributed by atoms with E-state index in [2.05, 4.69) is 36.2 Å². The fourth-order valence-corrected chi connectivity index (χ4v) is 3.00. The van der Waals surface area contributed by atoms with Gasteiger partial charge in [0.25, 0.3) is 0 Å². The van der Waals surface area contributed by atoms with Gasteiger partial charge in [-0.1, -0.05) is 18.2 Å². The number of hydrogen-bond donors (Lipinski definition) is 1. The minimum atomic E-state index is -0.618. The molecule has 116 valence electrons. The highest BCUT2D eigenvalue weighted by molar-refractivity contribution is 5.83. The van der Waals surface area contributed by atoms with Gasteiger partial charge in [0.2, 0.25) is 0 Å². The van der Waals surface area contributed by atoms with Crippen LogP contribution in [0.3, 0.4) is 0 Å². The summed E-state index contributed by atoms with van der Waals surface area (Å²) >= 11 is 0. The van der Waals surface area contributed by atoms with Gasteiger partial charge in [0.05, 0.1) is 7.11 Å². The van der Waals surface area contributed by atoms with E-state index in [1.165, 1.54) is 7.11 Å². The van der Waals surface area contributed by atoms with E-state index in [1.807, 2.05) is 25.2 Å². The van der Waals surface area contributed by atoms with Crippen LogP contribution >= 0.6 is 0 Å². The molecule has 0 bridgehead atoms. The minimum Gasteiger partial charge on any atom is -0.468 e. The number of rotatable bonds is 7. The molecule has 1 aliphatic rings. The second kappa shape index (κ2) is 6.48. The zero-order valence-electron chi connectivity index (χ0n) is 13.4. The van der Waals surface area contributed by atoms with E-state index < -0.39 is 5.54 Å². The molecule has 0 aliphatic heterocycles. The molecule has 1 aliphatic carbocycles. The molecule has 4 heteroatoms. The lowest BCUT2D eigenvalue weighted by molar-refractivity contribution is -0.149. The third kappa shape index (κ3) is 3.56. The number of esters is 1. The maximum Gasteiger partial charge on any atom is 0.328 e. The van der Waals surface area contributed by atoms with Crippen LogP contribution in [-0.2, 0) is 9.53 Å². The zero-order chi connectivity index (χ0) is 15.5. The molecular formula is C17H26N2O2. The summed E-state index contributed by atoms with van der Waals surface area (Å²) in [4.78, 5) is 14.6. The van der Waals surface area contributed by atoms with Gasteiger partial charge in [0.15, 0.2) is 0 Å². The first-order valence-corrected chi connectivity index (χ1v) is 7.62. The van der Waals surface area contributed by atoms with E-state index in [4.69, 9.17) is 4.74 Å². The van der Waals surface area contributed by atoms with Crippen LogP contribution in [0, 0.1) is 5.92 Å². The predicted octanol–water partition coefficient (Wildman–Crippen LogP) is 2.44. The lowest BCUT2D eigenvalue weighted by Gasteiger charge is -2.38. The number of hydrogen-bond acceptors (Lipinski definition) is 4. The molecule has 1 aromatic rings. The van der Waals surface area contributed by atoms with E-state index in [0.29, 0.717) is 12.5 Å². The van der Waals surface area contributed by atoms with Gasteiger partial charge < -0.3 is 9.64 Å². The summed E-state index contributed by atoms with van der Waals surface area (Å²) in [7, 11) is 3.50. The fraction of sp³-hybridized carbons (Fsp3) is 0.588. The molecule has 4 nitrogen and oxygen atoms in total. The molecular weight excluding hydrogens is 264 g/mol. The van der Waals surface area contributed by atoms with Crippen molar-refractivity contribution in [3.63, 3.8) is 0 Å². The van der Waals surface area contributed by atoms with Gasteiger partial charge in [0.1, 0.15) is 5.54 Å². The largest absolute Gasteiger partial charge is 0.468 e. The Morgan fingerprint density at radius 1 is 1.38 bits per heavy atom. The number of para-hydroxylation sites is 1. The maximum absolute atomic E-state index is 12.5. The van der Waals surface area contributed by atoms with Gasteiger partial charge in [-0.3, -0.25) is 5.32 Å². The van der Waals surface area contributed by atoms with E-state index in [1.54, 1.807) is 0 Å². The zero-order valence-corrected chi connectivity index (χ0v) is 13.4. The SMILES string of the molecule is COC(=O)C(CN(C)c1ccccc1)(NC(C)C)C1CC1. The van der Waals surface area contributed by atoms with Crippen molar-refractivity contribution in [1.82, 2.24) is 5.32 Å². The van der Waals surface area contributed by atoms with Gasteiger partial charge in [0, 0.05) is 25.3 Å². The first-order valence-electron chi connectivity index (χ1n) is 7.62. The molecule has 2 rings (SSSR count). The number of nitrogens with zero attached hydrogens (tertiary/aromatic N) is 1. The number of ether oxygens (including phenoxy) is 1. The maximum atomic E-state index is 12.5. The van der Waals surface area contributed by atoms with E-state index in [0.717, 1.165) is 18.5 Å². The Bertz CT molecular complexity index is 471.